The van der Waals surface area contributed by atoms with Gasteiger partial charge >= 0.3 is 0 Å². The van der Waals surface area contributed by atoms with Crippen molar-refractivity contribution < 1.29 is 0 Å². The average molecular weight is 224 g/mol. The number of hydrogen-bond acceptors (Lipinski definition) is 0. The molecule has 0 bridgehead atoms. The molecular formula is C11H12Br. The van der Waals surface area contributed by atoms with Gasteiger partial charge in [-0.2, -0.15) is 0 Å². The zero-order valence-electron chi connectivity index (χ0n) is 7.02. The second-order valence-electron chi connectivity index (χ2n) is 3.32. The first-order chi connectivity index (χ1) is 5.86. The minimum atomic E-state index is 1.19. The molecule has 0 aliphatic heterocycles. The van der Waals surface area contributed by atoms with E-state index < -0.39 is 0 Å². The highest BCUT2D eigenvalue weighted by Crippen LogP contribution is 2.33. The topological polar surface area (TPSA) is 0 Å². The van der Waals surface area contributed by atoms with Crippen LogP contribution in [-0.4, -0.2) is 0 Å². The van der Waals surface area contributed by atoms with E-state index in [1.165, 1.54) is 35.7 Å². The highest BCUT2D eigenvalue weighted by molar-refractivity contribution is 9.10. The first kappa shape index (κ1) is 8.31. The Morgan fingerprint density at radius 3 is 2.50 bits per heavy atom. The quantitative estimate of drug-likeness (QED) is 0.677. The monoisotopic (exact) mass is 223 g/mol. The number of hydrogen-bond donors (Lipinski definition) is 0. The van der Waals surface area contributed by atoms with Crippen LogP contribution in [0.1, 0.15) is 31.2 Å². The Balaban J connectivity index is 2.21. The molecule has 1 fully saturated rings. The normalized spacial score (nSPS) is 18.4. The molecule has 2 rings (SSSR count). The Labute approximate surface area is 82.1 Å². The second kappa shape index (κ2) is 3.61. The fourth-order valence-electron chi connectivity index (χ4n) is 1.80. The third kappa shape index (κ3) is 1.71. The summed E-state index contributed by atoms with van der Waals surface area (Å²) in [6.07, 6.45) is 5.36. The number of rotatable bonds is 1. The largest absolute Gasteiger partial charge is 0.0609 e. The lowest BCUT2D eigenvalue weighted by atomic mass is 9.98. The first-order valence-corrected chi connectivity index (χ1v) is 5.26. The van der Waals surface area contributed by atoms with Crippen LogP contribution >= 0.6 is 15.9 Å². The van der Waals surface area contributed by atoms with Gasteiger partial charge < -0.3 is 0 Å². The van der Waals surface area contributed by atoms with Gasteiger partial charge in [0.1, 0.15) is 0 Å². The molecule has 0 N–H and O–H groups in total. The fraction of sp³-hybridized carbons (Fsp3) is 0.364. The Kier molecular flexibility index (Phi) is 2.50. The molecule has 1 aromatic rings. The molecule has 0 heterocycles. The minimum Gasteiger partial charge on any atom is -0.0609 e. The molecule has 1 aliphatic rings. The molecule has 1 radical (unpaired) electrons. The maximum atomic E-state index is 3.50. The van der Waals surface area contributed by atoms with Gasteiger partial charge in [-0.3, -0.25) is 0 Å². The maximum Gasteiger partial charge on any atom is 0.0178 e. The SMILES string of the molecule is Brc1cccc([C]2CCCC2)c1. The van der Waals surface area contributed by atoms with Gasteiger partial charge in [0, 0.05) is 10.4 Å². The molecule has 63 valence electrons. The molecule has 12 heavy (non-hydrogen) atoms. The molecule has 0 saturated heterocycles. The Morgan fingerprint density at radius 2 is 1.83 bits per heavy atom. The summed E-state index contributed by atoms with van der Waals surface area (Å²) in [6.45, 7) is 0. The van der Waals surface area contributed by atoms with Crippen LogP contribution in [0.4, 0.5) is 0 Å². The van der Waals surface area contributed by atoms with Crippen molar-refractivity contribution in [3.8, 4) is 0 Å². The molecule has 0 atom stereocenters. The zero-order chi connectivity index (χ0) is 8.39. The lowest BCUT2D eigenvalue weighted by Gasteiger charge is -2.07. The van der Waals surface area contributed by atoms with E-state index in [1.54, 1.807) is 5.92 Å². The summed E-state index contributed by atoms with van der Waals surface area (Å²) in [5, 5.41) is 0. The van der Waals surface area contributed by atoms with Crippen molar-refractivity contribution in [2.24, 2.45) is 0 Å². The van der Waals surface area contributed by atoms with E-state index in [9.17, 15) is 0 Å². The van der Waals surface area contributed by atoms with Crippen LogP contribution in [0.5, 0.6) is 0 Å². The Bertz CT molecular complexity index is 261. The van der Waals surface area contributed by atoms with Gasteiger partial charge in [0.2, 0.25) is 0 Å². The van der Waals surface area contributed by atoms with Crippen LogP contribution < -0.4 is 0 Å². The summed E-state index contributed by atoms with van der Waals surface area (Å²) in [4.78, 5) is 0. The summed E-state index contributed by atoms with van der Waals surface area (Å²) < 4.78 is 1.19. The van der Waals surface area contributed by atoms with Crippen LogP contribution in [0, 0.1) is 5.92 Å². The van der Waals surface area contributed by atoms with Crippen LogP contribution in [0.15, 0.2) is 28.7 Å². The second-order valence-corrected chi connectivity index (χ2v) is 4.24. The van der Waals surface area contributed by atoms with E-state index in [0.717, 1.165) is 0 Å². The molecule has 0 nitrogen and oxygen atoms in total. The summed E-state index contributed by atoms with van der Waals surface area (Å²) in [5.41, 5.74) is 1.43. The zero-order valence-corrected chi connectivity index (χ0v) is 8.60. The van der Waals surface area contributed by atoms with Gasteiger partial charge in [-0.15, -0.1) is 0 Å². The van der Waals surface area contributed by atoms with E-state index in [0.29, 0.717) is 0 Å². The number of benzene rings is 1. The van der Waals surface area contributed by atoms with Gasteiger partial charge in [-0.05, 0) is 30.5 Å². The molecule has 1 aromatic carbocycles. The van der Waals surface area contributed by atoms with Gasteiger partial charge in [-0.1, -0.05) is 40.9 Å². The van der Waals surface area contributed by atoms with Gasteiger partial charge in [0.15, 0.2) is 0 Å². The fourth-order valence-corrected chi connectivity index (χ4v) is 2.20. The van der Waals surface area contributed by atoms with E-state index in [1.807, 2.05) is 0 Å². The molecular weight excluding hydrogens is 212 g/mol. The van der Waals surface area contributed by atoms with Crippen LogP contribution in [0.2, 0.25) is 0 Å². The molecule has 0 amide bonds. The molecule has 1 saturated carbocycles. The summed E-state index contributed by atoms with van der Waals surface area (Å²) >= 11 is 3.50. The molecule has 0 spiro atoms. The van der Waals surface area contributed by atoms with Gasteiger partial charge in [0.05, 0.1) is 0 Å². The molecule has 1 heteroatoms. The van der Waals surface area contributed by atoms with Crippen molar-refractivity contribution in [1.82, 2.24) is 0 Å². The Hall–Kier alpha value is -0.300. The van der Waals surface area contributed by atoms with Gasteiger partial charge in [-0.25, -0.2) is 0 Å². The van der Waals surface area contributed by atoms with Crippen LogP contribution in [0.3, 0.4) is 0 Å². The van der Waals surface area contributed by atoms with E-state index in [-0.39, 0.29) is 0 Å². The lowest BCUT2D eigenvalue weighted by Crippen LogP contribution is -1.91. The van der Waals surface area contributed by atoms with Crippen molar-refractivity contribution in [3.05, 3.63) is 40.2 Å². The predicted octanol–water partition coefficient (Wildman–Crippen LogP) is 3.95. The average Bonchev–Trinajstić information content (AvgIpc) is 2.56. The van der Waals surface area contributed by atoms with E-state index in [4.69, 9.17) is 0 Å². The minimum absolute atomic E-state index is 1.19. The maximum absolute atomic E-state index is 3.50. The summed E-state index contributed by atoms with van der Waals surface area (Å²) in [5.74, 6) is 1.64. The van der Waals surface area contributed by atoms with Crippen molar-refractivity contribution in [1.29, 1.82) is 0 Å². The van der Waals surface area contributed by atoms with Crippen molar-refractivity contribution in [2.45, 2.75) is 25.7 Å². The van der Waals surface area contributed by atoms with E-state index in [2.05, 4.69) is 40.2 Å². The third-order valence-electron chi connectivity index (χ3n) is 2.44. The van der Waals surface area contributed by atoms with Crippen LogP contribution in [0.25, 0.3) is 0 Å². The van der Waals surface area contributed by atoms with Crippen LogP contribution in [-0.2, 0) is 0 Å². The highest BCUT2D eigenvalue weighted by Gasteiger charge is 2.17. The smallest absolute Gasteiger partial charge is 0.0178 e. The Morgan fingerprint density at radius 1 is 1.08 bits per heavy atom. The summed E-state index contributed by atoms with van der Waals surface area (Å²) in [6, 6.07) is 8.63. The highest BCUT2D eigenvalue weighted by atomic mass is 79.9. The van der Waals surface area contributed by atoms with Crippen molar-refractivity contribution in [3.63, 3.8) is 0 Å². The third-order valence-corrected chi connectivity index (χ3v) is 2.93. The molecule has 1 aliphatic carbocycles. The molecule has 0 aromatic heterocycles. The first-order valence-electron chi connectivity index (χ1n) is 4.47. The van der Waals surface area contributed by atoms with Crippen molar-refractivity contribution in [2.75, 3.05) is 0 Å². The molecule has 0 unspecified atom stereocenters. The predicted molar refractivity (Wildman–Crippen MR) is 55.0 cm³/mol. The van der Waals surface area contributed by atoms with Gasteiger partial charge in [0.25, 0.3) is 0 Å². The van der Waals surface area contributed by atoms with E-state index >= 15 is 0 Å². The summed E-state index contributed by atoms with van der Waals surface area (Å²) in [7, 11) is 0. The number of halogens is 1. The standard InChI is InChI=1S/C11H12Br/c12-11-7-3-6-10(8-11)9-4-1-2-5-9/h3,6-8H,1-2,4-5H2. The van der Waals surface area contributed by atoms with Crippen molar-refractivity contribution >= 4 is 15.9 Å². The lowest BCUT2D eigenvalue weighted by molar-refractivity contribution is 0.886.